The van der Waals surface area contributed by atoms with E-state index in [1.54, 1.807) is 11.3 Å². The predicted molar refractivity (Wildman–Crippen MR) is 59.5 cm³/mol. The van der Waals surface area contributed by atoms with Gasteiger partial charge in [0.1, 0.15) is 0 Å². The van der Waals surface area contributed by atoms with Gasteiger partial charge >= 0.3 is 0 Å². The molecule has 0 amide bonds. The van der Waals surface area contributed by atoms with Crippen molar-refractivity contribution >= 4 is 11.3 Å². The van der Waals surface area contributed by atoms with Crippen molar-refractivity contribution in [3.8, 4) is 0 Å². The second kappa shape index (κ2) is 4.91. The summed E-state index contributed by atoms with van der Waals surface area (Å²) in [5.74, 6) is 0. The van der Waals surface area contributed by atoms with Crippen LogP contribution in [0.15, 0.2) is 16.8 Å². The first kappa shape index (κ1) is 10.1. The molecule has 2 N–H and O–H groups in total. The molecule has 1 aromatic rings. The predicted octanol–water partition coefficient (Wildman–Crippen LogP) is 2.71. The van der Waals surface area contributed by atoms with Crippen molar-refractivity contribution in [3.05, 3.63) is 22.4 Å². The van der Waals surface area contributed by atoms with Crippen molar-refractivity contribution in [3.63, 3.8) is 0 Å². The quantitative estimate of drug-likeness (QED) is 0.831. The van der Waals surface area contributed by atoms with Gasteiger partial charge in [-0.3, -0.25) is 0 Å². The lowest BCUT2D eigenvalue weighted by molar-refractivity contribution is -0.00415. The molecule has 78 valence electrons. The molecule has 2 rings (SSSR count). The van der Waals surface area contributed by atoms with Crippen molar-refractivity contribution in [1.82, 2.24) is 0 Å². The Morgan fingerprint density at radius 2 is 2.29 bits per heavy atom. The van der Waals surface area contributed by atoms with Gasteiger partial charge in [0.25, 0.3) is 0 Å². The molecule has 0 saturated heterocycles. The molecule has 0 spiro atoms. The van der Waals surface area contributed by atoms with E-state index < -0.39 is 0 Å². The van der Waals surface area contributed by atoms with E-state index in [1.807, 2.05) is 0 Å². The third-order valence-electron chi connectivity index (χ3n) is 2.79. The van der Waals surface area contributed by atoms with E-state index in [0.717, 1.165) is 0 Å². The Kier molecular flexibility index (Phi) is 3.56. The average Bonchev–Trinajstić information content (AvgIpc) is 2.86. The third-order valence-corrected chi connectivity index (χ3v) is 3.49. The van der Waals surface area contributed by atoms with Gasteiger partial charge in [0, 0.05) is 6.54 Å². The first-order valence-corrected chi connectivity index (χ1v) is 6.22. The van der Waals surface area contributed by atoms with Gasteiger partial charge in [0.2, 0.25) is 0 Å². The smallest absolute Gasteiger partial charge is 0.0958 e. The molecule has 1 atom stereocenters. The highest BCUT2D eigenvalue weighted by Gasteiger charge is 2.20. The molecule has 1 aromatic heterocycles. The summed E-state index contributed by atoms with van der Waals surface area (Å²) < 4.78 is 5.99. The Morgan fingerprint density at radius 3 is 2.86 bits per heavy atom. The van der Waals surface area contributed by atoms with E-state index in [2.05, 4.69) is 16.8 Å². The molecular formula is C11H17NOS. The molecule has 3 heteroatoms. The lowest BCUT2D eigenvalue weighted by Gasteiger charge is -2.19. The maximum Gasteiger partial charge on any atom is 0.0958 e. The van der Waals surface area contributed by atoms with Gasteiger partial charge in [-0.05, 0) is 35.2 Å². The Balaban J connectivity index is 1.93. The summed E-state index contributed by atoms with van der Waals surface area (Å²) in [4.78, 5) is 0. The second-order valence-electron chi connectivity index (χ2n) is 3.82. The van der Waals surface area contributed by atoms with E-state index >= 15 is 0 Å². The van der Waals surface area contributed by atoms with Crippen LogP contribution in [0, 0.1) is 0 Å². The van der Waals surface area contributed by atoms with Crippen molar-refractivity contribution < 1.29 is 4.74 Å². The van der Waals surface area contributed by atoms with E-state index in [4.69, 9.17) is 10.5 Å². The zero-order chi connectivity index (χ0) is 9.80. The standard InChI is InChI=1S/C11H17NOS/c12-7-11(9-5-6-14-8-9)13-10-3-1-2-4-10/h5-6,8,10-11H,1-4,7,12H2. The van der Waals surface area contributed by atoms with Crippen LogP contribution in [0.25, 0.3) is 0 Å². The SMILES string of the molecule is NCC(OC1CCCC1)c1ccsc1. The molecule has 0 aliphatic heterocycles. The van der Waals surface area contributed by atoms with Gasteiger partial charge in [-0.2, -0.15) is 11.3 Å². The molecule has 2 nitrogen and oxygen atoms in total. The van der Waals surface area contributed by atoms with Crippen LogP contribution in [0.4, 0.5) is 0 Å². The van der Waals surface area contributed by atoms with Crippen LogP contribution < -0.4 is 5.73 Å². The molecule has 1 heterocycles. The van der Waals surface area contributed by atoms with Crippen LogP contribution >= 0.6 is 11.3 Å². The van der Waals surface area contributed by atoms with Crippen molar-refractivity contribution in [1.29, 1.82) is 0 Å². The van der Waals surface area contributed by atoms with Gasteiger partial charge in [-0.15, -0.1) is 0 Å². The summed E-state index contributed by atoms with van der Waals surface area (Å²) in [5.41, 5.74) is 6.96. The first-order chi connectivity index (χ1) is 6.90. The molecule has 1 unspecified atom stereocenters. The van der Waals surface area contributed by atoms with E-state index in [1.165, 1.54) is 31.2 Å². The van der Waals surface area contributed by atoms with Crippen molar-refractivity contribution in [2.45, 2.75) is 37.9 Å². The zero-order valence-electron chi connectivity index (χ0n) is 8.32. The number of nitrogens with two attached hydrogens (primary N) is 1. The summed E-state index contributed by atoms with van der Waals surface area (Å²) in [6.45, 7) is 0.591. The van der Waals surface area contributed by atoms with Gasteiger partial charge in [-0.1, -0.05) is 12.8 Å². The minimum atomic E-state index is 0.115. The molecule has 1 aliphatic carbocycles. The van der Waals surface area contributed by atoms with Gasteiger partial charge in [0.15, 0.2) is 0 Å². The summed E-state index contributed by atoms with van der Waals surface area (Å²) >= 11 is 1.71. The molecule has 14 heavy (non-hydrogen) atoms. The summed E-state index contributed by atoms with van der Waals surface area (Å²) in [7, 11) is 0. The molecule has 1 saturated carbocycles. The molecule has 1 fully saturated rings. The molecule has 0 aromatic carbocycles. The minimum Gasteiger partial charge on any atom is -0.369 e. The van der Waals surface area contributed by atoms with E-state index in [0.29, 0.717) is 12.6 Å². The van der Waals surface area contributed by atoms with Crippen molar-refractivity contribution in [2.75, 3.05) is 6.54 Å². The highest BCUT2D eigenvalue weighted by atomic mass is 32.1. The number of thiophene rings is 1. The molecule has 1 aliphatic rings. The minimum absolute atomic E-state index is 0.115. The summed E-state index contributed by atoms with van der Waals surface area (Å²) in [6, 6.07) is 2.11. The number of rotatable bonds is 4. The Morgan fingerprint density at radius 1 is 1.50 bits per heavy atom. The summed E-state index contributed by atoms with van der Waals surface area (Å²) in [5, 5.41) is 4.21. The maximum absolute atomic E-state index is 5.99. The average molecular weight is 211 g/mol. The third kappa shape index (κ3) is 2.35. The normalized spacial score (nSPS) is 20.1. The van der Waals surface area contributed by atoms with Gasteiger partial charge in [0.05, 0.1) is 12.2 Å². The van der Waals surface area contributed by atoms with Crippen LogP contribution in [0.2, 0.25) is 0 Å². The van der Waals surface area contributed by atoms with Crippen LogP contribution in [-0.4, -0.2) is 12.6 Å². The van der Waals surface area contributed by atoms with E-state index in [-0.39, 0.29) is 6.10 Å². The number of hydrogen-bond donors (Lipinski definition) is 1. The van der Waals surface area contributed by atoms with Crippen LogP contribution in [0.5, 0.6) is 0 Å². The fourth-order valence-corrected chi connectivity index (χ4v) is 2.69. The van der Waals surface area contributed by atoms with Gasteiger partial charge in [-0.25, -0.2) is 0 Å². The summed E-state index contributed by atoms with van der Waals surface area (Å²) in [6.07, 6.45) is 5.60. The highest BCUT2D eigenvalue weighted by molar-refractivity contribution is 7.07. The number of ether oxygens (including phenoxy) is 1. The van der Waals surface area contributed by atoms with Crippen molar-refractivity contribution in [2.24, 2.45) is 5.73 Å². The Hall–Kier alpha value is -0.380. The largest absolute Gasteiger partial charge is 0.369 e. The maximum atomic E-state index is 5.99. The highest BCUT2D eigenvalue weighted by Crippen LogP contribution is 2.28. The number of hydrogen-bond acceptors (Lipinski definition) is 3. The molecular weight excluding hydrogens is 194 g/mol. The Labute approximate surface area is 89.1 Å². The van der Waals surface area contributed by atoms with Crippen LogP contribution in [0.1, 0.15) is 37.4 Å². The first-order valence-electron chi connectivity index (χ1n) is 5.28. The fraction of sp³-hybridized carbons (Fsp3) is 0.636. The van der Waals surface area contributed by atoms with Gasteiger partial charge < -0.3 is 10.5 Å². The van der Waals surface area contributed by atoms with E-state index in [9.17, 15) is 0 Å². The molecule has 0 radical (unpaired) electrons. The lowest BCUT2D eigenvalue weighted by atomic mass is 10.2. The second-order valence-corrected chi connectivity index (χ2v) is 4.60. The zero-order valence-corrected chi connectivity index (χ0v) is 9.13. The topological polar surface area (TPSA) is 35.2 Å². The van der Waals surface area contributed by atoms with Crippen LogP contribution in [0.3, 0.4) is 0 Å². The van der Waals surface area contributed by atoms with Crippen LogP contribution in [-0.2, 0) is 4.74 Å². The molecule has 0 bridgehead atoms. The monoisotopic (exact) mass is 211 g/mol. The fourth-order valence-electron chi connectivity index (χ4n) is 1.99. The lowest BCUT2D eigenvalue weighted by Crippen LogP contribution is -2.20. The Bertz CT molecular complexity index is 254.